The largest absolute Gasteiger partial charge is 0.444 e. The van der Waals surface area contributed by atoms with Crippen LogP contribution in [0.3, 0.4) is 0 Å². The molecule has 0 aliphatic carbocycles. The number of rotatable bonds is 6. The molecule has 2 N–H and O–H groups in total. The molecule has 0 saturated heterocycles. The molecule has 7 nitrogen and oxygen atoms in total. The smallest absolute Gasteiger partial charge is 0.424 e. The van der Waals surface area contributed by atoms with Crippen molar-refractivity contribution in [1.29, 1.82) is 0 Å². The first-order chi connectivity index (χ1) is 14.6. The number of aryl methyl sites for hydroxylation is 1. The normalized spacial score (nSPS) is 13.9. The minimum absolute atomic E-state index is 0.156. The molecule has 176 valence electrons. The number of carbonyl (C=O) groups is 2. The van der Waals surface area contributed by atoms with Gasteiger partial charge in [0.2, 0.25) is 11.5 Å². The van der Waals surface area contributed by atoms with Gasteiger partial charge in [0.05, 0.1) is 6.42 Å². The van der Waals surface area contributed by atoms with Gasteiger partial charge in [-0.25, -0.2) is 9.78 Å². The molecule has 0 saturated carbocycles. The number of halogens is 3. The maximum atomic E-state index is 13.6. The second kappa shape index (κ2) is 9.45. The van der Waals surface area contributed by atoms with Gasteiger partial charge in [-0.05, 0) is 45.4 Å². The molecular weight excluding hydrogens is 447 g/mol. The summed E-state index contributed by atoms with van der Waals surface area (Å²) in [6, 6.07) is 6.31. The van der Waals surface area contributed by atoms with Gasteiger partial charge in [-0.2, -0.15) is 13.2 Å². The van der Waals surface area contributed by atoms with Crippen LogP contribution in [-0.2, 0) is 21.7 Å². The molecule has 32 heavy (non-hydrogen) atoms. The molecule has 1 atom stereocenters. The fraction of sp³-hybridized carbons (Fsp3) is 0.476. The number of aliphatic hydroxyl groups is 1. The van der Waals surface area contributed by atoms with Crippen LogP contribution in [0.15, 0.2) is 29.6 Å². The highest BCUT2D eigenvalue weighted by Crippen LogP contribution is 2.43. The average Bonchev–Trinajstić information content (AvgIpc) is 3.06. The first kappa shape index (κ1) is 25.6. The molecule has 0 fully saturated rings. The first-order valence-corrected chi connectivity index (χ1v) is 10.5. The average molecular weight is 474 g/mol. The zero-order chi connectivity index (χ0) is 24.3. The van der Waals surface area contributed by atoms with Gasteiger partial charge in [0, 0.05) is 30.4 Å². The first-order valence-electron chi connectivity index (χ1n) is 9.65. The fourth-order valence-corrected chi connectivity index (χ4v) is 3.62. The Balaban J connectivity index is 2.11. The Bertz CT molecular complexity index is 972. The molecule has 0 aliphatic heterocycles. The minimum atomic E-state index is -5.09. The molecule has 1 unspecified atom stereocenters. The highest BCUT2D eigenvalue weighted by Gasteiger charge is 2.58. The molecule has 2 aromatic rings. The van der Waals surface area contributed by atoms with E-state index in [0.29, 0.717) is 22.6 Å². The van der Waals surface area contributed by atoms with E-state index in [4.69, 9.17) is 4.74 Å². The van der Waals surface area contributed by atoms with E-state index in [0.717, 1.165) is 0 Å². The number of carbonyl (C=O) groups excluding carboxylic acids is 2. The third-order valence-corrected chi connectivity index (χ3v) is 5.31. The summed E-state index contributed by atoms with van der Waals surface area (Å²) in [7, 11) is 1.54. The summed E-state index contributed by atoms with van der Waals surface area (Å²) in [5.41, 5.74) is -2.89. The number of benzene rings is 1. The SMILES string of the molecule is Cc1csc(C(O)(CC(=O)Nc2cccc(CN(C)C(=O)OC(C)(C)C)c2)C(F)(F)F)n1. The summed E-state index contributed by atoms with van der Waals surface area (Å²) in [5, 5.41) is 13.5. The summed E-state index contributed by atoms with van der Waals surface area (Å²) in [5.74, 6) is -1.03. The van der Waals surface area contributed by atoms with Crippen LogP contribution in [0.5, 0.6) is 0 Å². The molecule has 0 radical (unpaired) electrons. The van der Waals surface area contributed by atoms with Gasteiger partial charge < -0.3 is 20.1 Å². The van der Waals surface area contributed by atoms with Crippen molar-refractivity contribution in [2.24, 2.45) is 0 Å². The number of aromatic nitrogens is 1. The number of nitrogens with zero attached hydrogens (tertiary/aromatic N) is 2. The standard InChI is InChI=1S/C21H26F3N3O4S/c1-13-12-32-17(25-13)20(30,21(22,23)24)10-16(28)26-15-8-6-7-14(9-15)11-27(5)18(29)31-19(2,3)4/h6-9,12,30H,10-11H2,1-5H3,(H,26,28). The van der Waals surface area contributed by atoms with E-state index in [9.17, 15) is 27.9 Å². The van der Waals surface area contributed by atoms with Crippen molar-refractivity contribution in [3.05, 3.63) is 45.9 Å². The van der Waals surface area contributed by atoms with Gasteiger partial charge >= 0.3 is 12.3 Å². The summed E-state index contributed by atoms with van der Waals surface area (Å²) in [6.07, 6.45) is -6.88. The Kier molecular flexibility index (Phi) is 7.56. The van der Waals surface area contributed by atoms with Crippen molar-refractivity contribution < 1.29 is 32.6 Å². The number of thiazole rings is 1. The number of hydrogen-bond acceptors (Lipinski definition) is 6. The summed E-state index contributed by atoms with van der Waals surface area (Å²) < 4.78 is 46.0. The number of ether oxygens (including phenoxy) is 1. The lowest BCUT2D eigenvalue weighted by Crippen LogP contribution is -2.45. The highest BCUT2D eigenvalue weighted by molar-refractivity contribution is 7.09. The molecule has 11 heteroatoms. The van der Waals surface area contributed by atoms with Crippen LogP contribution in [0, 0.1) is 6.92 Å². The maximum absolute atomic E-state index is 13.6. The number of nitrogens with one attached hydrogen (secondary N) is 1. The van der Waals surface area contributed by atoms with Crippen LogP contribution in [0.4, 0.5) is 23.7 Å². The predicted molar refractivity (Wildman–Crippen MR) is 114 cm³/mol. The fourth-order valence-electron chi connectivity index (χ4n) is 2.70. The van der Waals surface area contributed by atoms with Crippen LogP contribution in [0.1, 0.15) is 43.5 Å². The van der Waals surface area contributed by atoms with E-state index in [2.05, 4.69) is 10.3 Å². The van der Waals surface area contributed by atoms with Crippen molar-refractivity contribution >= 4 is 29.0 Å². The van der Waals surface area contributed by atoms with Crippen LogP contribution >= 0.6 is 11.3 Å². The molecule has 0 spiro atoms. The van der Waals surface area contributed by atoms with E-state index in [1.54, 1.807) is 40.0 Å². The summed E-state index contributed by atoms with van der Waals surface area (Å²) in [6.45, 7) is 6.87. The molecule has 1 aromatic carbocycles. The van der Waals surface area contributed by atoms with Crippen LogP contribution < -0.4 is 5.32 Å². The summed E-state index contributed by atoms with van der Waals surface area (Å²) >= 11 is 0.637. The topological polar surface area (TPSA) is 91.8 Å². The molecule has 0 bridgehead atoms. The molecule has 1 heterocycles. The Hall–Kier alpha value is -2.66. The van der Waals surface area contributed by atoms with E-state index in [-0.39, 0.29) is 12.2 Å². The molecule has 0 aliphatic rings. The van der Waals surface area contributed by atoms with E-state index in [1.807, 2.05) is 0 Å². The predicted octanol–water partition coefficient (Wildman–Crippen LogP) is 4.60. The molecule has 2 rings (SSSR count). The monoisotopic (exact) mass is 473 g/mol. The van der Waals surface area contributed by atoms with Crippen molar-refractivity contribution in [1.82, 2.24) is 9.88 Å². The van der Waals surface area contributed by atoms with Gasteiger partial charge in [0.15, 0.2) is 0 Å². The lowest BCUT2D eigenvalue weighted by molar-refractivity contribution is -0.266. The third kappa shape index (κ3) is 6.67. The molecule has 2 amide bonds. The van der Waals surface area contributed by atoms with Gasteiger partial charge in [0.1, 0.15) is 10.6 Å². The minimum Gasteiger partial charge on any atom is -0.444 e. The third-order valence-electron chi connectivity index (χ3n) is 4.19. The lowest BCUT2D eigenvalue weighted by atomic mass is 9.99. The zero-order valence-electron chi connectivity index (χ0n) is 18.4. The highest BCUT2D eigenvalue weighted by atomic mass is 32.1. The van der Waals surface area contributed by atoms with Gasteiger partial charge in [-0.3, -0.25) is 4.79 Å². The van der Waals surface area contributed by atoms with Crippen molar-refractivity contribution in [3.8, 4) is 0 Å². The summed E-state index contributed by atoms with van der Waals surface area (Å²) in [4.78, 5) is 29.5. The van der Waals surface area contributed by atoms with Gasteiger partial charge in [-0.15, -0.1) is 11.3 Å². The number of amides is 2. The Morgan fingerprint density at radius 2 is 1.91 bits per heavy atom. The van der Waals surface area contributed by atoms with Crippen molar-refractivity contribution in [2.45, 2.75) is 58.0 Å². The second-order valence-corrected chi connectivity index (χ2v) is 9.27. The van der Waals surface area contributed by atoms with E-state index in [1.165, 1.54) is 29.3 Å². The van der Waals surface area contributed by atoms with Gasteiger partial charge in [-0.1, -0.05) is 12.1 Å². The van der Waals surface area contributed by atoms with Crippen LogP contribution in [-0.4, -0.2) is 45.8 Å². The maximum Gasteiger partial charge on any atom is 0.424 e. The van der Waals surface area contributed by atoms with Crippen molar-refractivity contribution in [2.75, 3.05) is 12.4 Å². The van der Waals surface area contributed by atoms with Crippen LogP contribution in [0.25, 0.3) is 0 Å². The molecular formula is C21H26F3N3O4S. The van der Waals surface area contributed by atoms with Crippen molar-refractivity contribution in [3.63, 3.8) is 0 Å². The van der Waals surface area contributed by atoms with Crippen LogP contribution in [0.2, 0.25) is 0 Å². The Labute approximate surface area is 188 Å². The van der Waals surface area contributed by atoms with E-state index < -0.39 is 40.8 Å². The second-order valence-electron chi connectivity index (χ2n) is 8.41. The number of alkyl halides is 3. The number of hydrogen-bond donors (Lipinski definition) is 2. The van der Waals surface area contributed by atoms with Gasteiger partial charge in [0.25, 0.3) is 0 Å². The quantitative estimate of drug-likeness (QED) is 0.640. The molecule has 1 aromatic heterocycles. The van der Waals surface area contributed by atoms with E-state index >= 15 is 0 Å². The lowest BCUT2D eigenvalue weighted by Gasteiger charge is -2.28. The Morgan fingerprint density at radius 3 is 2.44 bits per heavy atom. The zero-order valence-corrected chi connectivity index (χ0v) is 19.2. The number of anilines is 1. The Morgan fingerprint density at radius 1 is 1.25 bits per heavy atom.